The first-order chi connectivity index (χ1) is 9.08. The number of fused-ring (bicyclic) bond motifs is 3. The predicted octanol–water partition coefficient (Wildman–Crippen LogP) is 2.76. The molecule has 3 rings (SSSR count). The van der Waals surface area contributed by atoms with Crippen LogP contribution >= 0.6 is 24.0 Å². The molecule has 1 aromatic carbocycles. The Morgan fingerprint density at radius 1 is 1.50 bits per heavy atom. The minimum atomic E-state index is -0.824. The Labute approximate surface area is 128 Å². The third-order valence-corrected chi connectivity index (χ3v) is 4.11. The van der Waals surface area contributed by atoms with E-state index >= 15 is 0 Å². The third-order valence-electron chi connectivity index (χ3n) is 3.70. The van der Waals surface area contributed by atoms with Crippen LogP contribution in [0.15, 0.2) is 12.1 Å². The molecule has 0 saturated carbocycles. The highest BCUT2D eigenvalue weighted by Crippen LogP contribution is 2.32. The fraction of sp³-hybridized carbons (Fsp3) is 0.357. The van der Waals surface area contributed by atoms with Gasteiger partial charge in [-0.3, -0.25) is 4.79 Å². The molecule has 1 aliphatic heterocycles. The summed E-state index contributed by atoms with van der Waals surface area (Å²) < 4.78 is 1.89. The number of halogens is 2. The smallest absolute Gasteiger partial charge is 0.323 e. The average molecular weight is 315 g/mol. The van der Waals surface area contributed by atoms with Crippen LogP contribution in [-0.4, -0.2) is 22.2 Å². The van der Waals surface area contributed by atoms with Crippen molar-refractivity contribution in [3.05, 3.63) is 34.0 Å². The molecule has 4 nitrogen and oxygen atoms in total. The van der Waals surface area contributed by atoms with Crippen LogP contribution in [0.2, 0.25) is 5.02 Å². The van der Waals surface area contributed by atoms with Crippen molar-refractivity contribution in [1.29, 1.82) is 0 Å². The summed E-state index contributed by atoms with van der Waals surface area (Å²) >= 11 is 6.18. The summed E-state index contributed by atoms with van der Waals surface area (Å²) in [4.78, 5) is 11.1. The minimum Gasteiger partial charge on any atom is -0.480 e. The molecule has 6 heteroatoms. The number of rotatable bonds is 2. The summed E-state index contributed by atoms with van der Waals surface area (Å²) in [7, 11) is 0. The molecule has 0 radical (unpaired) electrons. The molecule has 0 atom stereocenters. The van der Waals surface area contributed by atoms with Crippen LogP contribution in [-0.2, 0) is 24.3 Å². The van der Waals surface area contributed by atoms with Gasteiger partial charge in [-0.25, -0.2) is 0 Å². The first-order valence-corrected chi connectivity index (χ1v) is 6.68. The van der Waals surface area contributed by atoms with E-state index in [2.05, 4.69) is 11.4 Å². The number of nitrogens with one attached hydrogen (secondary N) is 1. The molecule has 2 aromatic rings. The van der Waals surface area contributed by atoms with E-state index in [9.17, 15) is 4.79 Å². The fourth-order valence-electron chi connectivity index (χ4n) is 2.82. The summed E-state index contributed by atoms with van der Waals surface area (Å²) in [6.45, 7) is 3.64. The Morgan fingerprint density at radius 3 is 2.95 bits per heavy atom. The second-order valence-corrected chi connectivity index (χ2v) is 5.36. The standard InChI is InChI=1S/C14H15ClN2O2.ClH/c1-8-4-9-10-6-16-3-2-12(10)17(7-14(18)19)13(9)5-11(8)15;/h4-5,16H,2-3,6-7H2,1H3,(H,18,19);1H. The maximum atomic E-state index is 11.1. The zero-order valence-corrected chi connectivity index (χ0v) is 12.6. The van der Waals surface area contributed by atoms with Gasteiger partial charge in [-0.1, -0.05) is 11.6 Å². The minimum absolute atomic E-state index is 0. The lowest BCUT2D eigenvalue weighted by Gasteiger charge is -2.16. The summed E-state index contributed by atoms with van der Waals surface area (Å²) in [5.41, 5.74) is 4.28. The van der Waals surface area contributed by atoms with Crippen molar-refractivity contribution in [2.75, 3.05) is 6.54 Å². The molecule has 0 bridgehead atoms. The molecule has 2 heterocycles. The van der Waals surface area contributed by atoms with Crippen LogP contribution < -0.4 is 5.32 Å². The zero-order valence-electron chi connectivity index (χ0n) is 11.1. The Hall–Kier alpha value is -1.23. The van der Waals surface area contributed by atoms with Gasteiger partial charge < -0.3 is 15.0 Å². The van der Waals surface area contributed by atoms with E-state index in [4.69, 9.17) is 16.7 Å². The summed E-state index contributed by atoms with van der Waals surface area (Å²) in [6, 6.07) is 3.94. The second-order valence-electron chi connectivity index (χ2n) is 4.95. The predicted molar refractivity (Wildman–Crippen MR) is 82.0 cm³/mol. The van der Waals surface area contributed by atoms with Crippen LogP contribution in [0.4, 0.5) is 0 Å². The van der Waals surface area contributed by atoms with E-state index in [0.717, 1.165) is 41.7 Å². The number of aromatic nitrogens is 1. The molecular weight excluding hydrogens is 299 g/mol. The molecule has 0 amide bonds. The van der Waals surface area contributed by atoms with Crippen LogP contribution in [0.25, 0.3) is 10.9 Å². The Bertz CT molecular complexity index is 680. The number of aliphatic carboxylic acids is 1. The lowest BCUT2D eigenvalue weighted by molar-refractivity contribution is -0.137. The molecule has 2 N–H and O–H groups in total. The van der Waals surface area contributed by atoms with E-state index in [-0.39, 0.29) is 19.0 Å². The van der Waals surface area contributed by atoms with Crippen LogP contribution in [0.1, 0.15) is 16.8 Å². The van der Waals surface area contributed by atoms with Gasteiger partial charge in [0, 0.05) is 35.6 Å². The number of carboxylic acid groups (broad SMARTS) is 1. The zero-order chi connectivity index (χ0) is 13.6. The van der Waals surface area contributed by atoms with Gasteiger partial charge in [-0.05, 0) is 30.2 Å². The van der Waals surface area contributed by atoms with Gasteiger partial charge in [0.1, 0.15) is 6.54 Å². The summed E-state index contributed by atoms with van der Waals surface area (Å²) in [5.74, 6) is -0.824. The molecule has 1 aliphatic rings. The number of aryl methyl sites for hydroxylation is 1. The monoisotopic (exact) mass is 314 g/mol. The number of hydrogen-bond acceptors (Lipinski definition) is 2. The Morgan fingerprint density at radius 2 is 2.25 bits per heavy atom. The molecular formula is C14H16Cl2N2O2. The fourth-order valence-corrected chi connectivity index (χ4v) is 2.98. The van der Waals surface area contributed by atoms with Crippen molar-refractivity contribution < 1.29 is 9.90 Å². The van der Waals surface area contributed by atoms with Crippen molar-refractivity contribution in [2.24, 2.45) is 0 Å². The first kappa shape index (κ1) is 15.2. The SMILES string of the molecule is Cc1cc2c3c(n(CC(=O)O)c2cc1Cl)CCNC3.Cl. The van der Waals surface area contributed by atoms with Crippen molar-refractivity contribution in [3.63, 3.8) is 0 Å². The van der Waals surface area contributed by atoms with E-state index in [1.165, 1.54) is 5.56 Å². The largest absolute Gasteiger partial charge is 0.480 e. The highest BCUT2D eigenvalue weighted by Gasteiger charge is 2.21. The quantitative estimate of drug-likeness (QED) is 0.896. The number of carboxylic acids is 1. The van der Waals surface area contributed by atoms with Crippen LogP contribution in [0, 0.1) is 6.92 Å². The molecule has 0 unspecified atom stereocenters. The maximum Gasteiger partial charge on any atom is 0.323 e. The first-order valence-electron chi connectivity index (χ1n) is 6.30. The third kappa shape index (κ3) is 2.39. The van der Waals surface area contributed by atoms with Crippen molar-refractivity contribution in [3.8, 4) is 0 Å². The van der Waals surface area contributed by atoms with Gasteiger partial charge in [0.15, 0.2) is 0 Å². The Balaban J connectivity index is 0.00000147. The molecule has 0 aliphatic carbocycles. The van der Waals surface area contributed by atoms with Crippen molar-refractivity contribution >= 4 is 40.9 Å². The normalized spacial score (nSPS) is 13.9. The van der Waals surface area contributed by atoms with Gasteiger partial charge >= 0.3 is 5.97 Å². The van der Waals surface area contributed by atoms with Crippen LogP contribution in [0.5, 0.6) is 0 Å². The number of nitrogens with zero attached hydrogens (tertiary/aromatic N) is 1. The number of benzene rings is 1. The number of hydrogen-bond donors (Lipinski definition) is 2. The van der Waals surface area contributed by atoms with E-state index < -0.39 is 5.97 Å². The van der Waals surface area contributed by atoms with E-state index in [1.807, 2.05) is 17.6 Å². The molecule has 20 heavy (non-hydrogen) atoms. The van der Waals surface area contributed by atoms with Crippen molar-refractivity contribution in [1.82, 2.24) is 9.88 Å². The van der Waals surface area contributed by atoms with Gasteiger partial charge in [0.05, 0.1) is 5.52 Å². The van der Waals surface area contributed by atoms with Crippen molar-refractivity contribution in [2.45, 2.75) is 26.4 Å². The summed E-state index contributed by atoms with van der Waals surface area (Å²) in [5, 5.41) is 14.2. The molecule has 1 aromatic heterocycles. The summed E-state index contributed by atoms with van der Waals surface area (Å²) in [6.07, 6.45) is 0.855. The molecule has 0 spiro atoms. The van der Waals surface area contributed by atoms with E-state index in [0.29, 0.717) is 5.02 Å². The van der Waals surface area contributed by atoms with Gasteiger partial charge in [-0.15, -0.1) is 12.4 Å². The second kappa shape index (κ2) is 5.64. The topological polar surface area (TPSA) is 54.3 Å². The molecule has 0 fully saturated rings. The lowest BCUT2D eigenvalue weighted by atomic mass is 10.0. The molecule has 0 saturated heterocycles. The van der Waals surface area contributed by atoms with Gasteiger partial charge in [0.2, 0.25) is 0 Å². The highest BCUT2D eigenvalue weighted by atomic mass is 35.5. The van der Waals surface area contributed by atoms with E-state index in [1.54, 1.807) is 0 Å². The number of carbonyl (C=O) groups is 1. The molecule has 108 valence electrons. The van der Waals surface area contributed by atoms with Crippen LogP contribution in [0.3, 0.4) is 0 Å². The lowest BCUT2D eigenvalue weighted by Crippen LogP contribution is -2.25. The Kier molecular flexibility index (Phi) is 4.28. The maximum absolute atomic E-state index is 11.1. The van der Waals surface area contributed by atoms with Gasteiger partial charge in [-0.2, -0.15) is 0 Å². The highest BCUT2D eigenvalue weighted by molar-refractivity contribution is 6.32. The average Bonchev–Trinajstić information content (AvgIpc) is 2.65. The van der Waals surface area contributed by atoms with Gasteiger partial charge in [0.25, 0.3) is 0 Å².